The van der Waals surface area contributed by atoms with E-state index in [1.165, 1.54) is 12.1 Å². The summed E-state index contributed by atoms with van der Waals surface area (Å²) in [5.74, 6) is 0. The molecular formula is C23H18N4O2. The Labute approximate surface area is 168 Å². The first kappa shape index (κ1) is 18.4. The van der Waals surface area contributed by atoms with Gasteiger partial charge in [0.05, 0.1) is 22.7 Å². The Morgan fingerprint density at radius 1 is 1.03 bits per heavy atom. The third-order valence-electron chi connectivity index (χ3n) is 5.02. The highest BCUT2D eigenvalue weighted by molar-refractivity contribution is 6.01. The number of nitro benzene ring substituents is 1. The van der Waals surface area contributed by atoms with Crippen LogP contribution in [-0.4, -0.2) is 15.6 Å². The van der Waals surface area contributed by atoms with Gasteiger partial charge in [-0.1, -0.05) is 72.8 Å². The van der Waals surface area contributed by atoms with E-state index < -0.39 is 11.0 Å². The van der Waals surface area contributed by atoms with Crippen molar-refractivity contribution in [2.24, 2.45) is 5.10 Å². The lowest BCUT2D eigenvalue weighted by Gasteiger charge is -2.28. The van der Waals surface area contributed by atoms with E-state index in [2.05, 4.69) is 6.07 Å². The third kappa shape index (κ3) is 3.71. The second kappa shape index (κ2) is 7.95. The lowest BCUT2D eigenvalue weighted by molar-refractivity contribution is -0.384. The van der Waals surface area contributed by atoms with Crippen LogP contribution in [0.3, 0.4) is 0 Å². The van der Waals surface area contributed by atoms with Crippen LogP contribution < -0.4 is 0 Å². The Kier molecular flexibility index (Phi) is 5.04. The van der Waals surface area contributed by atoms with E-state index >= 15 is 0 Å². The van der Waals surface area contributed by atoms with Crippen molar-refractivity contribution >= 4 is 11.4 Å². The summed E-state index contributed by atoms with van der Waals surface area (Å²) in [6.07, 6.45) is 0.654. The van der Waals surface area contributed by atoms with Gasteiger partial charge in [-0.05, 0) is 16.7 Å². The van der Waals surface area contributed by atoms with Gasteiger partial charge in [0.1, 0.15) is 0 Å². The molecule has 0 saturated heterocycles. The van der Waals surface area contributed by atoms with Crippen molar-refractivity contribution in [2.75, 3.05) is 0 Å². The zero-order valence-electron chi connectivity index (χ0n) is 15.6. The van der Waals surface area contributed by atoms with Gasteiger partial charge in [-0.2, -0.15) is 10.4 Å². The summed E-state index contributed by atoms with van der Waals surface area (Å²) in [5.41, 5.74) is 3.47. The number of hydrogen-bond acceptors (Lipinski definition) is 5. The molecule has 0 aliphatic carbocycles. The smallest absolute Gasteiger partial charge is 0.267 e. The fraction of sp³-hybridized carbons (Fsp3) is 0.130. The predicted octanol–water partition coefficient (Wildman–Crippen LogP) is 5.01. The van der Waals surface area contributed by atoms with Gasteiger partial charge in [0.15, 0.2) is 6.04 Å². The Morgan fingerprint density at radius 2 is 1.72 bits per heavy atom. The van der Waals surface area contributed by atoms with Crippen molar-refractivity contribution in [3.05, 3.63) is 112 Å². The molecule has 0 aromatic heterocycles. The molecule has 0 N–H and O–H groups in total. The lowest BCUT2D eigenvalue weighted by atomic mass is 9.97. The summed E-state index contributed by atoms with van der Waals surface area (Å²) >= 11 is 0. The van der Waals surface area contributed by atoms with Gasteiger partial charge in [0, 0.05) is 18.6 Å². The maximum Gasteiger partial charge on any atom is 0.269 e. The van der Waals surface area contributed by atoms with Crippen molar-refractivity contribution in [1.29, 1.82) is 5.26 Å². The van der Waals surface area contributed by atoms with E-state index in [0.29, 0.717) is 12.0 Å². The van der Waals surface area contributed by atoms with Gasteiger partial charge in [-0.25, -0.2) is 0 Å². The Bertz CT molecular complexity index is 1090. The normalized spacial score (nSPS) is 16.7. The average Bonchev–Trinajstić information content (AvgIpc) is 3.21. The first-order valence-electron chi connectivity index (χ1n) is 9.27. The van der Waals surface area contributed by atoms with Crippen molar-refractivity contribution in [3.63, 3.8) is 0 Å². The fourth-order valence-corrected chi connectivity index (χ4v) is 3.61. The van der Waals surface area contributed by atoms with Crippen LogP contribution in [-0.2, 0) is 0 Å². The van der Waals surface area contributed by atoms with E-state index in [0.717, 1.165) is 16.8 Å². The number of rotatable bonds is 5. The van der Waals surface area contributed by atoms with Gasteiger partial charge in [0.25, 0.3) is 5.69 Å². The molecule has 3 aromatic carbocycles. The van der Waals surface area contributed by atoms with Gasteiger partial charge in [-0.3, -0.25) is 15.1 Å². The maximum atomic E-state index is 11.2. The summed E-state index contributed by atoms with van der Waals surface area (Å²) in [7, 11) is 0. The summed E-state index contributed by atoms with van der Waals surface area (Å²) < 4.78 is 0. The largest absolute Gasteiger partial charge is 0.269 e. The minimum Gasteiger partial charge on any atom is -0.267 e. The summed E-state index contributed by atoms with van der Waals surface area (Å²) in [5, 5.41) is 27.7. The van der Waals surface area contributed by atoms with E-state index in [1.807, 2.05) is 60.7 Å². The second-order valence-corrected chi connectivity index (χ2v) is 6.81. The van der Waals surface area contributed by atoms with Crippen molar-refractivity contribution in [3.8, 4) is 6.07 Å². The van der Waals surface area contributed by atoms with Crippen molar-refractivity contribution in [2.45, 2.75) is 18.5 Å². The van der Waals surface area contributed by atoms with Crippen LogP contribution in [0.25, 0.3) is 0 Å². The number of benzene rings is 3. The molecule has 142 valence electrons. The molecule has 0 unspecified atom stereocenters. The molecule has 29 heavy (non-hydrogen) atoms. The molecule has 4 rings (SSSR count). The lowest BCUT2D eigenvalue weighted by Crippen LogP contribution is -2.24. The molecule has 0 fully saturated rings. The highest BCUT2D eigenvalue weighted by Gasteiger charge is 2.34. The van der Waals surface area contributed by atoms with Crippen LogP contribution in [0.4, 0.5) is 5.69 Å². The molecule has 3 aromatic rings. The molecule has 1 aliphatic rings. The second-order valence-electron chi connectivity index (χ2n) is 6.81. The number of non-ortho nitro benzene ring substituents is 1. The van der Waals surface area contributed by atoms with Crippen LogP contribution in [0.2, 0.25) is 0 Å². The van der Waals surface area contributed by atoms with Gasteiger partial charge < -0.3 is 0 Å². The molecule has 0 radical (unpaired) electrons. The quantitative estimate of drug-likeness (QED) is 0.459. The topological polar surface area (TPSA) is 82.5 Å². The number of hydrogen-bond donors (Lipinski definition) is 0. The van der Waals surface area contributed by atoms with Crippen LogP contribution in [0.15, 0.2) is 90.0 Å². The third-order valence-corrected chi connectivity index (χ3v) is 5.02. The molecular weight excluding hydrogens is 364 g/mol. The summed E-state index contributed by atoms with van der Waals surface area (Å²) in [6, 6.07) is 27.4. The molecule has 0 spiro atoms. The Morgan fingerprint density at radius 3 is 2.38 bits per heavy atom. The molecule has 6 nitrogen and oxygen atoms in total. The molecule has 6 heteroatoms. The summed E-state index contributed by atoms with van der Waals surface area (Å²) in [4.78, 5) is 10.7. The SMILES string of the molecule is N#C[C@H](c1cccc([N+](=O)[O-])c1)N1N=C(c2ccccc2)C[C@H]1c1ccccc1. The zero-order valence-corrected chi connectivity index (χ0v) is 15.6. The fourth-order valence-electron chi connectivity index (χ4n) is 3.61. The Hall–Kier alpha value is -3.98. The minimum atomic E-state index is -0.735. The maximum absolute atomic E-state index is 11.2. The molecule has 0 bridgehead atoms. The minimum absolute atomic E-state index is 0.0366. The van der Waals surface area contributed by atoms with Gasteiger partial charge >= 0.3 is 0 Å². The number of hydrazone groups is 1. The molecule has 0 saturated carbocycles. The first-order valence-corrected chi connectivity index (χ1v) is 9.27. The molecule has 2 atom stereocenters. The predicted molar refractivity (Wildman–Crippen MR) is 110 cm³/mol. The Balaban J connectivity index is 1.77. The van der Waals surface area contributed by atoms with Crippen molar-refractivity contribution < 1.29 is 4.92 Å². The van der Waals surface area contributed by atoms with E-state index in [9.17, 15) is 15.4 Å². The number of nitro groups is 1. The molecule has 0 amide bonds. The van der Waals surface area contributed by atoms with E-state index in [4.69, 9.17) is 5.10 Å². The standard InChI is InChI=1S/C23H18N4O2/c24-16-23(19-12-7-13-20(14-19)27(28)29)26-22(18-10-5-2-6-11-18)15-21(25-26)17-8-3-1-4-9-17/h1-14,22-23H,15H2/t22-,23+/m0/s1. The molecule has 1 aliphatic heterocycles. The highest BCUT2D eigenvalue weighted by atomic mass is 16.6. The van der Waals surface area contributed by atoms with E-state index in [-0.39, 0.29) is 11.7 Å². The first-order chi connectivity index (χ1) is 14.2. The van der Waals surface area contributed by atoms with Crippen LogP contribution in [0.1, 0.15) is 35.2 Å². The number of nitriles is 1. The van der Waals surface area contributed by atoms with Crippen LogP contribution in [0.5, 0.6) is 0 Å². The summed E-state index contributed by atoms with van der Waals surface area (Å²) in [6.45, 7) is 0. The number of nitrogens with zero attached hydrogens (tertiary/aromatic N) is 4. The van der Waals surface area contributed by atoms with Gasteiger partial charge in [0.2, 0.25) is 0 Å². The van der Waals surface area contributed by atoms with Gasteiger partial charge in [-0.15, -0.1) is 0 Å². The monoisotopic (exact) mass is 382 g/mol. The van der Waals surface area contributed by atoms with Crippen molar-refractivity contribution in [1.82, 2.24) is 5.01 Å². The highest BCUT2D eigenvalue weighted by Crippen LogP contribution is 2.39. The van der Waals surface area contributed by atoms with E-state index in [1.54, 1.807) is 17.1 Å². The van der Waals surface area contributed by atoms with Crippen LogP contribution >= 0.6 is 0 Å². The molecule has 1 heterocycles. The van der Waals surface area contributed by atoms with Crippen LogP contribution in [0, 0.1) is 21.4 Å². The zero-order chi connectivity index (χ0) is 20.2. The average molecular weight is 382 g/mol.